The molecule has 3 heterocycles. The lowest BCUT2D eigenvalue weighted by molar-refractivity contribution is 0.0792. The van der Waals surface area contributed by atoms with Crippen LogP contribution in [0.4, 0.5) is 0 Å². The number of imidazole rings is 2. The number of H-pyrrole nitrogens is 1. The van der Waals surface area contributed by atoms with E-state index in [1.54, 1.807) is 11.1 Å². The molecule has 0 radical (unpaired) electrons. The second-order valence-electron chi connectivity index (χ2n) is 6.24. The van der Waals surface area contributed by atoms with Crippen molar-refractivity contribution in [2.75, 3.05) is 13.6 Å². The fourth-order valence-electron chi connectivity index (χ4n) is 2.92. The molecule has 0 spiro atoms. The standard InChI is InChI=1S/C19H19N5OS/c1-13-12-20-17(21-13)16-15(22-19-24(16)10-11-26-19)18(25)23(2)9-8-14-6-4-3-5-7-14/h3-7,10-12H,8-9H2,1-2H3,(H,20,21). The van der Waals surface area contributed by atoms with E-state index in [-0.39, 0.29) is 5.91 Å². The fourth-order valence-corrected chi connectivity index (χ4v) is 3.63. The number of carbonyl (C=O) groups excluding carboxylic acids is 1. The normalized spacial score (nSPS) is 11.2. The van der Waals surface area contributed by atoms with Crippen LogP contribution >= 0.6 is 11.3 Å². The summed E-state index contributed by atoms with van der Waals surface area (Å²) >= 11 is 1.50. The van der Waals surface area contributed by atoms with Crippen LogP contribution in [-0.2, 0) is 6.42 Å². The van der Waals surface area contributed by atoms with E-state index < -0.39 is 0 Å². The number of benzene rings is 1. The van der Waals surface area contributed by atoms with Gasteiger partial charge < -0.3 is 9.88 Å². The smallest absolute Gasteiger partial charge is 0.274 e. The van der Waals surface area contributed by atoms with Crippen molar-refractivity contribution in [1.29, 1.82) is 0 Å². The van der Waals surface area contributed by atoms with E-state index in [1.165, 1.54) is 16.9 Å². The molecule has 132 valence electrons. The zero-order valence-electron chi connectivity index (χ0n) is 14.6. The second-order valence-corrected chi connectivity index (χ2v) is 7.11. The van der Waals surface area contributed by atoms with Crippen LogP contribution in [0, 0.1) is 6.92 Å². The summed E-state index contributed by atoms with van der Waals surface area (Å²) in [5, 5.41) is 1.95. The molecule has 1 amide bonds. The average molecular weight is 365 g/mol. The molecule has 1 N–H and O–H groups in total. The molecule has 0 bridgehead atoms. The fraction of sp³-hybridized carbons (Fsp3) is 0.211. The van der Waals surface area contributed by atoms with Gasteiger partial charge in [-0.3, -0.25) is 9.20 Å². The van der Waals surface area contributed by atoms with Crippen LogP contribution in [0.3, 0.4) is 0 Å². The van der Waals surface area contributed by atoms with Crippen molar-refractivity contribution in [3.8, 4) is 11.5 Å². The summed E-state index contributed by atoms with van der Waals surface area (Å²) in [7, 11) is 1.82. The van der Waals surface area contributed by atoms with Crippen molar-refractivity contribution in [1.82, 2.24) is 24.3 Å². The van der Waals surface area contributed by atoms with Gasteiger partial charge in [0.25, 0.3) is 5.91 Å². The Morgan fingerprint density at radius 3 is 2.85 bits per heavy atom. The third-order valence-electron chi connectivity index (χ3n) is 4.32. The number of aromatic amines is 1. The van der Waals surface area contributed by atoms with Crippen LogP contribution in [0.25, 0.3) is 16.5 Å². The minimum Gasteiger partial charge on any atom is -0.341 e. The van der Waals surface area contributed by atoms with Crippen molar-refractivity contribution in [3.05, 3.63) is 65.1 Å². The number of carbonyl (C=O) groups is 1. The molecule has 0 saturated carbocycles. The Hall–Kier alpha value is -2.93. The van der Waals surface area contributed by atoms with Gasteiger partial charge in [-0.05, 0) is 18.9 Å². The monoisotopic (exact) mass is 365 g/mol. The number of hydrogen-bond donors (Lipinski definition) is 1. The quantitative estimate of drug-likeness (QED) is 0.589. The first-order valence-electron chi connectivity index (χ1n) is 8.40. The SMILES string of the molecule is Cc1cnc(-c2c(C(=O)N(C)CCc3ccccc3)nc3sccn23)[nH]1. The van der Waals surface area contributed by atoms with Gasteiger partial charge in [0.15, 0.2) is 16.5 Å². The molecule has 3 aromatic heterocycles. The second kappa shape index (κ2) is 6.76. The number of aromatic nitrogens is 4. The van der Waals surface area contributed by atoms with Gasteiger partial charge in [-0.1, -0.05) is 30.3 Å². The summed E-state index contributed by atoms with van der Waals surface area (Å²) in [6, 6.07) is 10.2. The molecule has 26 heavy (non-hydrogen) atoms. The summed E-state index contributed by atoms with van der Waals surface area (Å²) in [5.41, 5.74) is 3.30. The minimum atomic E-state index is -0.0964. The van der Waals surface area contributed by atoms with Crippen LogP contribution in [0.5, 0.6) is 0 Å². The Morgan fingerprint density at radius 2 is 2.12 bits per heavy atom. The molecule has 0 aliphatic heterocycles. The third-order valence-corrected chi connectivity index (χ3v) is 5.07. The van der Waals surface area contributed by atoms with Gasteiger partial charge in [-0.2, -0.15) is 0 Å². The van der Waals surface area contributed by atoms with Gasteiger partial charge in [0.1, 0.15) is 5.69 Å². The lowest BCUT2D eigenvalue weighted by atomic mass is 10.1. The highest BCUT2D eigenvalue weighted by Gasteiger charge is 2.25. The van der Waals surface area contributed by atoms with Crippen molar-refractivity contribution < 1.29 is 4.79 Å². The first kappa shape index (κ1) is 16.5. The number of nitrogens with one attached hydrogen (secondary N) is 1. The Balaban J connectivity index is 1.63. The Morgan fingerprint density at radius 1 is 1.31 bits per heavy atom. The van der Waals surface area contributed by atoms with Crippen LogP contribution in [0.1, 0.15) is 21.7 Å². The number of nitrogens with zero attached hydrogens (tertiary/aromatic N) is 4. The van der Waals surface area contributed by atoms with Crippen LogP contribution < -0.4 is 0 Å². The molecular formula is C19H19N5OS. The van der Waals surface area contributed by atoms with Crippen molar-refractivity contribution in [2.24, 2.45) is 0 Å². The highest BCUT2D eigenvalue weighted by atomic mass is 32.1. The first-order valence-corrected chi connectivity index (χ1v) is 9.28. The number of likely N-dealkylation sites (N-methyl/N-ethyl adjacent to an activating group) is 1. The Kier molecular flexibility index (Phi) is 4.30. The van der Waals surface area contributed by atoms with Gasteiger partial charge in [-0.15, -0.1) is 11.3 Å². The molecule has 4 rings (SSSR count). The van der Waals surface area contributed by atoms with Gasteiger partial charge in [0.2, 0.25) is 0 Å². The van der Waals surface area contributed by atoms with Gasteiger partial charge >= 0.3 is 0 Å². The summed E-state index contributed by atoms with van der Waals surface area (Å²) in [5.74, 6) is 0.564. The Labute approximate surface area is 155 Å². The molecular weight excluding hydrogens is 346 g/mol. The molecule has 6 nitrogen and oxygen atoms in total. The number of amides is 1. The number of rotatable bonds is 5. The Bertz CT molecular complexity index is 1050. The van der Waals surface area contributed by atoms with E-state index in [0.29, 0.717) is 23.8 Å². The number of aryl methyl sites for hydroxylation is 1. The number of hydrogen-bond acceptors (Lipinski definition) is 4. The lowest BCUT2D eigenvalue weighted by Crippen LogP contribution is -2.29. The third kappa shape index (κ3) is 3.01. The number of thiazole rings is 1. The van der Waals surface area contributed by atoms with E-state index in [9.17, 15) is 4.79 Å². The van der Waals surface area contributed by atoms with E-state index >= 15 is 0 Å². The van der Waals surface area contributed by atoms with Gasteiger partial charge in [0.05, 0.1) is 0 Å². The van der Waals surface area contributed by atoms with Crippen LogP contribution in [-0.4, -0.2) is 43.8 Å². The largest absolute Gasteiger partial charge is 0.341 e. The van der Waals surface area contributed by atoms with E-state index in [1.807, 2.05) is 48.1 Å². The molecule has 0 saturated heterocycles. The number of fused-ring (bicyclic) bond motifs is 1. The molecule has 0 fully saturated rings. The summed E-state index contributed by atoms with van der Waals surface area (Å²) in [4.78, 5) is 27.7. The first-order chi connectivity index (χ1) is 12.6. The van der Waals surface area contributed by atoms with E-state index in [0.717, 1.165) is 17.1 Å². The van der Waals surface area contributed by atoms with Gasteiger partial charge in [-0.25, -0.2) is 9.97 Å². The predicted octanol–water partition coefficient (Wildman–Crippen LogP) is 3.41. The van der Waals surface area contributed by atoms with E-state index in [4.69, 9.17) is 0 Å². The maximum Gasteiger partial charge on any atom is 0.274 e. The highest BCUT2D eigenvalue weighted by molar-refractivity contribution is 7.15. The topological polar surface area (TPSA) is 66.3 Å². The average Bonchev–Trinajstić information content (AvgIpc) is 3.35. The molecule has 0 aliphatic rings. The summed E-state index contributed by atoms with van der Waals surface area (Å²) in [6.07, 6.45) is 4.48. The van der Waals surface area contributed by atoms with Crippen molar-refractivity contribution in [2.45, 2.75) is 13.3 Å². The van der Waals surface area contributed by atoms with Gasteiger partial charge in [0, 0.05) is 37.1 Å². The molecule has 0 unspecified atom stereocenters. The minimum absolute atomic E-state index is 0.0964. The zero-order chi connectivity index (χ0) is 18.1. The molecule has 4 aromatic rings. The molecule has 7 heteroatoms. The summed E-state index contributed by atoms with van der Waals surface area (Å²) in [6.45, 7) is 2.57. The lowest BCUT2D eigenvalue weighted by Gasteiger charge is -2.16. The summed E-state index contributed by atoms with van der Waals surface area (Å²) < 4.78 is 1.92. The maximum atomic E-state index is 13.0. The van der Waals surface area contributed by atoms with E-state index in [2.05, 4.69) is 27.1 Å². The molecule has 0 aliphatic carbocycles. The predicted molar refractivity (Wildman–Crippen MR) is 102 cm³/mol. The highest BCUT2D eigenvalue weighted by Crippen LogP contribution is 2.26. The molecule has 1 aromatic carbocycles. The zero-order valence-corrected chi connectivity index (χ0v) is 15.5. The van der Waals surface area contributed by atoms with Crippen molar-refractivity contribution in [3.63, 3.8) is 0 Å². The molecule has 0 atom stereocenters. The van der Waals surface area contributed by atoms with Crippen LogP contribution in [0.2, 0.25) is 0 Å². The van der Waals surface area contributed by atoms with Crippen molar-refractivity contribution >= 4 is 22.2 Å². The van der Waals surface area contributed by atoms with Crippen LogP contribution in [0.15, 0.2) is 48.1 Å². The maximum absolute atomic E-state index is 13.0.